The zero-order valence-electron chi connectivity index (χ0n) is 10.6. The standard InChI is InChI=1S/C13H17N3OS/c1-4-6-10(5-2)14-9-11-12(17-3)15-13-16(11)7-8-18-13/h2,7-8,10,14H,4,6,9H2,1,3H3. The van der Waals surface area contributed by atoms with Gasteiger partial charge >= 0.3 is 0 Å². The number of aromatic nitrogens is 2. The van der Waals surface area contributed by atoms with Gasteiger partial charge in [0.15, 0.2) is 4.96 Å². The molecule has 18 heavy (non-hydrogen) atoms. The van der Waals surface area contributed by atoms with Gasteiger partial charge in [0.25, 0.3) is 0 Å². The molecule has 0 bridgehead atoms. The quantitative estimate of drug-likeness (QED) is 0.813. The summed E-state index contributed by atoms with van der Waals surface area (Å²) in [7, 11) is 1.64. The molecule has 2 aromatic rings. The van der Waals surface area contributed by atoms with Gasteiger partial charge in [-0.1, -0.05) is 19.3 Å². The first-order valence-corrected chi connectivity index (χ1v) is 6.86. The first-order valence-electron chi connectivity index (χ1n) is 5.98. The van der Waals surface area contributed by atoms with Gasteiger partial charge in [0, 0.05) is 18.1 Å². The van der Waals surface area contributed by atoms with E-state index in [1.165, 1.54) is 0 Å². The summed E-state index contributed by atoms with van der Waals surface area (Å²) in [6.45, 7) is 2.79. The van der Waals surface area contributed by atoms with Crippen LogP contribution in [0.4, 0.5) is 0 Å². The molecule has 0 radical (unpaired) electrons. The van der Waals surface area contributed by atoms with Crippen LogP contribution in [0.25, 0.3) is 4.96 Å². The second-order valence-electron chi connectivity index (χ2n) is 4.01. The molecule has 96 valence electrons. The van der Waals surface area contributed by atoms with Gasteiger partial charge in [-0.3, -0.25) is 9.72 Å². The molecule has 0 aromatic carbocycles. The molecule has 1 N–H and O–H groups in total. The van der Waals surface area contributed by atoms with Crippen LogP contribution in [0.1, 0.15) is 25.5 Å². The van der Waals surface area contributed by atoms with Crippen LogP contribution in [0, 0.1) is 12.3 Å². The fourth-order valence-corrected chi connectivity index (χ4v) is 2.61. The molecule has 2 heterocycles. The maximum atomic E-state index is 5.50. The maximum Gasteiger partial charge on any atom is 0.237 e. The molecule has 0 fully saturated rings. The lowest BCUT2D eigenvalue weighted by atomic mass is 10.2. The topological polar surface area (TPSA) is 38.6 Å². The molecule has 0 aliphatic carbocycles. The summed E-state index contributed by atoms with van der Waals surface area (Å²) < 4.78 is 7.34. The van der Waals surface area contributed by atoms with Gasteiger partial charge < -0.3 is 4.74 Å². The first-order chi connectivity index (χ1) is 8.80. The number of rotatable bonds is 6. The van der Waals surface area contributed by atoms with Crippen LogP contribution in [0.2, 0.25) is 0 Å². The Labute approximate surface area is 111 Å². The van der Waals surface area contributed by atoms with Crippen LogP contribution >= 0.6 is 11.3 Å². The fraction of sp³-hybridized carbons (Fsp3) is 0.462. The van der Waals surface area contributed by atoms with Crippen LogP contribution in [-0.2, 0) is 6.54 Å². The number of methoxy groups -OCH3 is 1. The monoisotopic (exact) mass is 263 g/mol. The van der Waals surface area contributed by atoms with Crippen molar-refractivity contribution in [2.75, 3.05) is 7.11 Å². The number of imidazole rings is 1. The van der Waals surface area contributed by atoms with Crippen molar-refractivity contribution in [3.8, 4) is 18.2 Å². The van der Waals surface area contributed by atoms with E-state index < -0.39 is 0 Å². The van der Waals surface area contributed by atoms with E-state index in [1.54, 1.807) is 18.4 Å². The molecule has 2 rings (SSSR count). The van der Waals surface area contributed by atoms with Crippen LogP contribution < -0.4 is 10.1 Å². The first kappa shape index (κ1) is 12.9. The van der Waals surface area contributed by atoms with Gasteiger partial charge in [-0.2, -0.15) is 4.98 Å². The number of ether oxygens (including phenoxy) is 1. The third-order valence-corrected chi connectivity index (χ3v) is 3.57. The molecule has 0 saturated heterocycles. The Bertz CT molecular complexity index is 552. The molecule has 1 unspecified atom stereocenters. The summed E-state index contributed by atoms with van der Waals surface area (Å²) in [4.78, 5) is 5.35. The van der Waals surface area contributed by atoms with Crippen LogP contribution in [-0.4, -0.2) is 22.5 Å². The Morgan fingerprint density at radius 2 is 2.50 bits per heavy atom. The molecule has 0 amide bonds. The molecule has 0 aliphatic heterocycles. The number of fused-ring (bicyclic) bond motifs is 1. The van der Waals surface area contributed by atoms with E-state index in [4.69, 9.17) is 11.2 Å². The summed E-state index contributed by atoms with van der Waals surface area (Å²) in [6.07, 6.45) is 9.54. The summed E-state index contributed by atoms with van der Waals surface area (Å²) in [5, 5.41) is 5.37. The molecular weight excluding hydrogens is 246 g/mol. The normalized spacial score (nSPS) is 12.5. The Hall–Kier alpha value is -1.51. The Kier molecular flexibility index (Phi) is 4.24. The van der Waals surface area contributed by atoms with Gasteiger partial charge in [0.05, 0.1) is 13.2 Å². The highest BCUT2D eigenvalue weighted by atomic mass is 32.1. The van der Waals surface area contributed by atoms with Gasteiger partial charge in [-0.15, -0.1) is 17.8 Å². The van der Waals surface area contributed by atoms with Crippen molar-refractivity contribution in [2.45, 2.75) is 32.4 Å². The van der Waals surface area contributed by atoms with Crippen molar-refractivity contribution in [1.29, 1.82) is 0 Å². The van der Waals surface area contributed by atoms with Gasteiger partial charge in [0.1, 0.15) is 5.69 Å². The van der Waals surface area contributed by atoms with Crippen molar-refractivity contribution in [3.63, 3.8) is 0 Å². The van der Waals surface area contributed by atoms with E-state index in [0.29, 0.717) is 12.4 Å². The van der Waals surface area contributed by atoms with E-state index in [1.807, 2.05) is 16.0 Å². The molecule has 4 nitrogen and oxygen atoms in total. The van der Waals surface area contributed by atoms with Crippen LogP contribution in [0.5, 0.6) is 5.88 Å². The largest absolute Gasteiger partial charge is 0.480 e. The SMILES string of the molecule is C#CC(CCC)NCc1c(OC)nc2sccn12. The lowest BCUT2D eigenvalue weighted by molar-refractivity contribution is 0.391. The summed E-state index contributed by atoms with van der Waals surface area (Å²) in [5.41, 5.74) is 1.02. The minimum Gasteiger partial charge on any atom is -0.480 e. The second kappa shape index (κ2) is 5.89. The number of thiazole rings is 1. The van der Waals surface area contributed by atoms with E-state index in [2.05, 4.69) is 23.1 Å². The molecule has 2 aromatic heterocycles. The summed E-state index contributed by atoms with van der Waals surface area (Å²) in [6, 6.07) is 0.101. The Balaban J connectivity index is 2.15. The molecule has 1 atom stereocenters. The molecule has 0 aliphatic rings. The lowest BCUT2D eigenvalue weighted by Gasteiger charge is -2.11. The predicted molar refractivity (Wildman–Crippen MR) is 74.0 cm³/mol. The van der Waals surface area contributed by atoms with Crippen molar-refractivity contribution in [3.05, 3.63) is 17.3 Å². The Morgan fingerprint density at radius 3 is 3.17 bits per heavy atom. The molecular formula is C13H17N3OS. The average Bonchev–Trinajstić information content (AvgIpc) is 2.95. The zero-order chi connectivity index (χ0) is 13.0. The van der Waals surface area contributed by atoms with Gasteiger partial charge in [0.2, 0.25) is 5.88 Å². The minimum atomic E-state index is 0.101. The fourth-order valence-electron chi connectivity index (χ4n) is 1.89. The van der Waals surface area contributed by atoms with Crippen molar-refractivity contribution in [2.24, 2.45) is 0 Å². The third-order valence-electron chi connectivity index (χ3n) is 2.81. The number of terminal acetylenes is 1. The van der Waals surface area contributed by atoms with Crippen LogP contribution in [0.3, 0.4) is 0 Å². The van der Waals surface area contributed by atoms with E-state index in [9.17, 15) is 0 Å². The Morgan fingerprint density at radius 1 is 1.67 bits per heavy atom. The highest BCUT2D eigenvalue weighted by molar-refractivity contribution is 7.15. The van der Waals surface area contributed by atoms with Crippen LogP contribution in [0.15, 0.2) is 11.6 Å². The maximum absolute atomic E-state index is 5.50. The molecule has 0 saturated carbocycles. The lowest BCUT2D eigenvalue weighted by Crippen LogP contribution is -2.27. The van der Waals surface area contributed by atoms with Gasteiger partial charge in [-0.25, -0.2) is 0 Å². The third kappa shape index (κ3) is 2.50. The van der Waals surface area contributed by atoms with E-state index in [0.717, 1.165) is 23.5 Å². The number of nitrogens with zero attached hydrogens (tertiary/aromatic N) is 2. The average molecular weight is 263 g/mol. The van der Waals surface area contributed by atoms with Gasteiger partial charge in [-0.05, 0) is 6.42 Å². The second-order valence-corrected chi connectivity index (χ2v) is 4.89. The zero-order valence-corrected chi connectivity index (χ0v) is 11.5. The number of hydrogen-bond donors (Lipinski definition) is 1. The smallest absolute Gasteiger partial charge is 0.237 e. The molecule has 5 heteroatoms. The summed E-state index contributed by atoms with van der Waals surface area (Å²) >= 11 is 1.59. The van der Waals surface area contributed by atoms with Crippen molar-refractivity contribution >= 4 is 16.3 Å². The van der Waals surface area contributed by atoms with E-state index in [-0.39, 0.29) is 6.04 Å². The highest BCUT2D eigenvalue weighted by Gasteiger charge is 2.14. The minimum absolute atomic E-state index is 0.101. The number of nitrogens with one attached hydrogen (secondary N) is 1. The summed E-state index contributed by atoms with van der Waals surface area (Å²) in [5.74, 6) is 3.43. The highest BCUT2D eigenvalue weighted by Crippen LogP contribution is 2.22. The van der Waals surface area contributed by atoms with E-state index >= 15 is 0 Å². The number of hydrogen-bond acceptors (Lipinski definition) is 4. The predicted octanol–water partition coefficient (Wildman–Crippen LogP) is 2.30. The molecule has 0 spiro atoms. The van der Waals surface area contributed by atoms with Crippen molar-refractivity contribution < 1.29 is 4.74 Å². The van der Waals surface area contributed by atoms with Crippen molar-refractivity contribution in [1.82, 2.24) is 14.7 Å².